The molecule has 3 aliphatic rings. The van der Waals surface area contributed by atoms with Crippen LogP contribution in [0, 0.1) is 11.3 Å². The normalized spacial score (nSPS) is 19.0. The zero-order valence-corrected chi connectivity index (χ0v) is 35.1. The van der Waals surface area contributed by atoms with Gasteiger partial charge in [-0.15, -0.1) is 0 Å². The summed E-state index contributed by atoms with van der Waals surface area (Å²) < 4.78 is 0. The fraction of sp³-hybridized carbons (Fsp3) is 0.153. The number of fused-ring (bicyclic) bond motifs is 2. The summed E-state index contributed by atoms with van der Waals surface area (Å²) in [5, 5.41) is 0. The van der Waals surface area contributed by atoms with Crippen molar-refractivity contribution in [2.45, 2.75) is 46.0 Å². The first-order valence-electron chi connectivity index (χ1n) is 21.5. The summed E-state index contributed by atoms with van der Waals surface area (Å²) in [7, 11) is 0. The Morgan fingerprint density at radius 2 is 0.983 bits per heavy atom. The average Bonchev–Trinajstić information content (AvgIpc) is 3.53. The van der Waals surface area contributed by atoms with Crippen LogP contribution in [0.2, 0.25) is 0 Å². The van der Waals surface area contributed by atoms with E-state index in [1.807, 2.05) is 0 Å². The number of hydrogen-bond donors (Lipinski definition) is 0. The Labute approximate surface area is 356 Å². The SMILES string of the molecule is CC1CC=CC2=C1C1=CCC(C)(c3ccc(-c4ccc(N(c5ccc(-c6ccccc6)cc5)c5ccc(-c6ccccc6)cc5)cc4-c4ccccc4)cc3)C=C1C2(C)C. The quantitative estimate of drug-likeness (QED) is 0.149. The Morgan fingerprint density at radius 1 is 0.500 bits per heavy atom. The first-order valence-corrected chi connectivity index (χ1v) is 21.5. The van der Waals surface area contributed by atoms with Crippen LogP contribution < -0.4 is 4.90 Å². The van der Waals surface area contributed by atoms with E-state index in [2.05, 4.69) is 239 Å². The molecule has 0 saturated carbocycles. The third kappa shape index (κ3) is 6.69. The van der Waals surface area contributed by atoms with Crippen LogP contribution in [-0.2, 0) is 5.41 Å². The van der Waals surface area contributed by atoms with E-state index in [1.165, 1.54) is 66.8 Å². The van der Waals surface area contributed by atoms with Crippen molar-refractivity contribution in [2.75, 3.05) is 4.90 Å². The van der Waals surface area contributed by atoms with Crippen molar-refractivity contribution in [3.63, 3.8) is 0 Å². The molecule has 0 spiro atoms. The highest BCUT2D eigenvalue weighted by atomic mass is 15.1. The fourth-order valence-electron chi connectivity index (χ4n) is 9.94. The van der Waals surface area contributed by atoms with Crippen LogP contribution in [0.4, 0.5) is 17.1 Å². The number of nitrogens with zero attached hydrogens (tertiary/aromatic N) is 1. The van der Waals surface area contributed by atoms with Crippen LogP contribution in [0.15, 0.2) is 229 Å². The molecule has 0 amide bonds. The molecule has 10 rings (SSSR count). The van der Waals surface area contributed by atoms with Crippen LogP contribution >= 0.6 is 0 Å². The fourth-order valence-corrected chi connectivity index (χ4v) is 9.94. The number of benzene rings is 7. The van der Waals surface area contributed by atoms with Crippen LogP contribution in [0.3, 0.4) is 0 Å². The second kappa shape index (κ2) is 15.2. The summed E-state index contributed by atoms with van der Waals surface area (Å²) in [5.74, 6) is 0.572. The average molecular weight is 774 g/mol. The van der Waals surface area contributed by atoms with Gasteiger partial charge in [0.1, 0.15) is 0 Å². The van der Waals surface area contributed by atoms with Gasteiger partial charge in [-0.1, -0.05) is 198 Å². The Hall–Kier alpha value is -6.70. The summed E-state index contributed by atoms with van der Waals surface area (Å²) in [6.45, 7) is 9.65. The lowest BCUT2D eigenvalue weighted by molar-refractivity contribution is 0.531. The molecule has 0 heterocycles. The van der Waals surface area contributed by atoms with Crippen molar-refractivity contribution in [3.8, 4) is 44.5 Å². The highest BCUT2D eigenvalue weighted by Crippen LogP contribution is 2.58. The van der Waals surface area contributed by atoms with Gasteiger partial charge in [0.05, 0.1) is 0 Å². The summed E-state index contributed by atoms with van der Waals surface area (Å²) >= 11 is 0. The molecule has 2 unspecified atom stereocenters. The third-order valence-electron chi connectivity index (χ3n) is 13.3. The molecule has 0 aromatic heterocycles. The molecule has 292 valence electrons. The van der Waals surface area contributed by atoms with Crippen LogP contribution in [0.1, 0.15) is 46.1 Å². The molecular formula is C59H51N. The molecule has 0 radical (unpaired) electrons. The molecule has 3 aliphatic carbocycles. The maximum atomic E-state index is 2.60. The minimum atomic E-state index is -0.0745. The standard InChI is InChI=1S/C59H51N/c1-41-15-14-22-55-57(41)53-37-38-59(4,40-56(53)58(55,2)3)48-29-23-47(24-30-48)52-36-35-51(39-54(52)46-20-12-7-13-21-46)60(49-31-25-44(26-32-49)42-16-8-5-9-17-42)50-33-27-45(28-34-50)43-18-10-6-11-19-43/h5-14,16-37,39-41H,15,38H2,1-4H3. The van der Waals surface area contributed by atoms with Crippen molar-refractivity contribution in [1.82, 2.24) is 0 Å². The molecule has 2 atom stereocenters. The molecule has 0 bridgehead atoms. The van der Waals surface area contributed by atoms with Gasteiger partial charge in [-0.05, 0) is 128 Å². The lowest BCUT2D eigenvalue weighted by Crippen LogP contribution is -2.25. The maximum Gasteiger partial charge on any atom is 0.0468 e. The Balaban J connectivity index is 1.03. The van der Waals surface area contributed by atoms with Crippen molar-refractivity contribution in [3.05, 3.63) is 234 Å². The van der Waals surface area contributed by atoms with Gasteiger partial charge < -0.3 is 4.90 Å². The first kappa shape index (κ1) is 37.6. The van der Waals surface area contributed by atoms with Gasteiger partial charge in [0, 0.05) is 27.9 Å². The van der Waals surface area contributed by atoms with Gasteiger partial charge in [0.15, 0.2) is 0 Å². The van der Waals surface area contributed by atoms with Gasteiger partial charge in [-0.25, -0.2) is 0 Å². The van der Waals surface area contributed by atoms with E-state index >= 15 is 0 Å². The van der Waals surface area contributed by atoms with Crippen LogP contribution in [0.5, 0.6) is 0 Å². The largest absolute Gasteiger partial charge is 0.310 e. The van der Waals surface area contributed by atoms with E-state index in [0.717, 1.165) is 29.9 Å². The monoisotopic (exact) mass is 773 g/mol. The van der Waals surface area contributed by atoms with Gasteiger partial charge in [-0.3, -0.25) is 0 Å². The third-order valence-corrected chi connectivity index (χ3v) is 13.3. The smallest absolute Gasteiger partial charge is 0.0468 e. The Kier molecular flexibility index (Phi) is 9.49. The van der Waals surface area contributed by atoms with E-state index in [-0.39, 0.29) is 10.8 Å². The number of rotatable bonds is 8. The molecule has 7 aromatic carbocycles. The molecule has 0 aliphatic heterocycles. The molecule has 1 nitrogen and oxygen atoms in total. The Bertz CT molecular complexity index is 2720. The van der Waals surface area contributed by atoms with E-state index in [1.54, 1.807) is 5.57 Å². The zero-order valence-electron chi connectivity index (χ0n) is 35.1. The summed E-state index contributed by atoms with van der Waals surface area (Å²) in [6, 6.07) is 66.4. The minimum Gasteiger partial charge on any atom is -0.310 e. The molecule has 0 fully saturated rings. The van der Waals surface area contributed by atoms with E-state index in [4.69, 9.17) is 0 Å². The van der Waals surface area contributed by atoms with E-state index in [0.29, 0.717) is 5.92 Å². The predicted molar refractivity (Wildman–Crippen MR) is 255 cm³/mol. The van der Waals surface area contributed by atoms with Gasteiger partial charge in [-0.2, -0.15) is 0 Å². The molecule has 7 aromatic rings. The summed E-state index contributed by atoms with van der Waals surface area (Å²) in [5.41, 5.74) is 20.4. The highest BCUT2D eigenvalue weighted by Gasteiger charge is 2.44. The lowest BCUT2D eigenvalue weighted by atomic mass is 9.69. The van der Waals surface area contributed by atoms with Gasteiger partial charge in [0.25, 0.3) is 0 Å². The molecule has 0 N–H and O–H groups in total. The maximum absolute atomic E-state index is 2.60. The van der Waals surface area contributed by atoms with Crippen molar-refractivity contribution < 1.29 is 0 Å². The molecule has 1 heteroatoms. The van der Waals surface area contributed by atoms with Crippen LogP contribution in [0.25, 0.3) is 44.5 Å². The summed E-state index contributed by atoms with van der Waals surface area (Å²) in [4.78, 5) is 2.38. The van der Waals surface area contributed by atoms with Crippen molar-refractivity contribution in [2.24, 2.45) is 11.3 Å². The predicted octanol–water partition coefficient (Wildman–Crippen LogP) is 16.3. The van der Waals surface area contributed by atoms with E-state index < -0.39 is 0 Å². The topological polar surface area (TPSA) is 3.24 Å². The Morgan fingerprint density at radius 3 is 1.55 bits per heavy atom. The van der Waals surface area contributed by atoms with Gasteiger partial charge in [0.2, 0.25) is 0 Å². The zero-order chi connectivity index (χ0) is 40.8. The van der Waals surface area contributed by atoms with Crippen molar-refractivity contribution in [1.29, 1.82) is 0 Å². The van der Waals surface area contributed by atoms with Gasteiger partial charge >= 0.3 is 0 Å². The first-order chi connectivity index (χ1) is 29.3. The number of hydrogen-bond acceptors (Lipinski definition) is 1. The van der Waals surface area contributed by atoms with Crippen molar-refractivity contribution >= 4 is 17.1 Å². The highest BCUT2D eigenvalue weighted by molar-refractivity contribution is 5.89. The van der Waals surface area contributed by atoms with Crippen LogP contribution in [-0.4, -0.2) is 0 Å². The summed E-state index contributed by atoms with van der Waals surface area (Å²) in [6.07, 6.45) is 12.1. The molecule has 0 saturated heterocycles. The lowest BCUT2D eigenvalue weighted by Gasteiger charge is -2.34. The number of allylic oxidation sites excluding steroid dienone is 8. The molecular weight excluding hydrogens is 723 g/mol. The number of anilines is 3. The second-order valence-corrected chi connectivity index (χ2v) is 17.6. The second-order valence-electron chi connectivity index (χ2n) is 17.6. The molecule has 60 heavy (non-hydrogen) atoms. The van der Waals surface area contributed by atoms with E-state index in [9.17, 15) is 0 Å². The minimum absolute atomic E-state index is 0.0159.